The molecule has 16 heavy (non-hydrogen) atoms. The molecule has 2 unspecified atom stereocenters. The number of nitrogens with zero attached hydrogens (tertiary/aromatic N) is 2. The molecule has 0 amide bonds. The number of ether oxygens (including phenoxy) is 1. The molecule has 4 nitrogen and oxygen atoms in total. The van der Waals surface area contributed by atoms with Gasteiger partial charge in [-0.2, -0.15) is 5.10 Å². The Kier molecular flexibility index (Phi) is 3.96. The van der Waals surface area contributed by atoms with Crippen LogP contribution in [0, 0.1) is 0 Å². The van der Waals surface area contributed by atoms with Crippen molar-refractivity contribution in [1.82, 2.24) is 15.1 Å². The van der Waals surface area contributed by atoms with Crippen LogP contribution < -0.4 is 5.32 Å². The van der Waals surface area contributed by atoms with Gasteiger partial charge in [-0.3, -0.25) is 4.68 Å². The number of likely N-dealkylation sites (N-methyl/N-ethyl adjacent to an activating group) is 1. The van der Waals surface area contributed by atoms with E-state index in [1.165, 1.54) is 25.7 Å². The minimum absolute atomic E-state index is 0.360. The third-order valence-corrected chi connectivity index (χ3v) is 3.30. The first-order valence-electron chi connectivity index (χ1n) is 6.06. The molecule has 1 heterocycles. The van der Waals surface area contributed by atoms with Crippen molar-refractivity contribution in [3.8, 4) is 0 Å². The third kappa shape index (κ3) is 2.83. The van der Waals surface area contributed by atoms with Crippen molar-refractivity contribution in [2.75, 3.05) is 7.05 Å². The average Bonchev–Trinajstić information content (AvgIpc) is 2.73. The first-order valence-corrected chi connectivity index (χ1v) is 6.06. The van der Waals surface area contributed by atoms with E-state index in [2.05, 4.69) is 10.4 Å². The van der Waals surface area contributed by atoms with E-state index in [0.29, 0.717) is 18.8 Å². The first kappa shape index (κ1) is 11.6. The van der Waals surface area contributed by atoms with Gasteiger partial charge in [0, 0.05) is 24.8 Å². The van der Waals surface area contributed by atoms with Gasteiger partial charge in [-0.1, -0.05) is 12.8 Å². The Bertz CT molecular complexity index is 324. The summed E-state index contributed by atoms with van der Waals surface area (Å²) in [7, 11) is 3.96. The summed E-state index contributed by atoms with van der Waals surface area (Å²) in [5.41, 5.74) is 1.16. The fourth-order valence-corrected chi connectivity index (χ4v) is 2.38. The highest BCUT2D eigenvalue weighted by molar-refractivity contribution is 5.01. The van der Waals surface area contributed by atoms with Crippen molar-refractivity contribution in [2.45, 2.75) is 44.4 Å². The van der Waals surface area contributed by atoms with E-state index < -0.39 is 0 Å². The topological polar surface area (TPSA) is 39.1 Å². The maximum Gasteiger partial charge on any atom is 0.0752 e. The van der Waals surface area contributed by atoms with Crippen LogP contribution in [-0.2, 0) is 18.4 Å². The molecule has 1 saturated carbocycles. The maximum atomic E-state index is 5.97. The van der Waals surface area contributed by atoms with Gasteiger partial charge in [0.25, 0.3) is 0 Å². The summed E-state index contributed by atoms with van der Waals surface area (Å²) < 4.78 is 7.78. The van der Waals surface area contributed by atoms with Crippen molar-refractivity contribution in [3.63, 3.8) is 0 Å². The van der Waals surface area contributed by atoms with Crippen molar-refractivity contribution in [2.24, 2.45) is 7.05 Å². The Morgan fingerprint density at radius 1 is 1.50 bits per heavy atom. The number of nitrogens with one attached hydrogen (secondary N) is 1. The summed E-state index contributed by atoms with van der Waals surface area (Å²) >= 11 is 0. The van der Waals surface area contributed by atoms with Crippen LogP contribution in [0.1, 0.15) is 31.2 Å². The Hall–Kier alpha value is -0.870. The van der Waals surface area contributed by atoms with Crippen LogP contribution in [0.3, 0.4) is 0 Å². The molecule has 1 aliphatic rings. The van der Waals surface area contributed by atoms with Crippen molar-refractivity contribution >= 4 is 0 Å². The van der Waals surface area contributed by atoms with Crippen LogP contribution in [0.2, 0.25) is 0 Å². The van der Waals surface area contributed by atoms with Gasteiger partial charge in [-0.15, -0.1) is 0 Å². The molecule has 0 saturated heterocycles. The lowest BCUT2D eigenvalue weighted by molar-refractivity contribution is -0.00363. The lowest BCUT2D eigenvalue weighted by Gasteiger charge is -2.31. The molecule has 1 fully saturated rings. The Balaban J connectivity index is 1.84. The smallest absolute Gasteiger partial charge is 0.0752 e. The van der Waals surface area contributed by atoms with Gasteiger partial charge < -0.3 is 10.1 Å². The van der Waals surface area contributed by atoms with E-state index in [4.69, 9.17) is 4.74 Å². The molecule has 1 aromatic heterocycles. The summed E-state index contributed by atoms with van der Waals surface area (Å²) in [5, 5.41) is 7.49. The van der Waals surface area contributed by atoms with Gasteiger partial charge in [-0.25, -0.2) is 0 Å². The largest absolute Gasteiger partial charge is 0.372 e. The Morgan fingerprint density at radius 2 is 2.31 bits per heavy atom. The van der Waals surface area contributed by atoms with Crippen molar-refractivity contribution < 1.29 is 4.74 Å². The molecule has 0 radical (unpaired) electrons. The van der Waals surface area contributed by atoms with Crippen LogP contribution >= 0.6 is 0 Å². The molecular formula is C12H21N3O. The average molecular weight is 223 g/mol. The molecule has 1 aliphatic carbocycles. The van der Waals surface area contributed by atoms with E-state index in [9.17, 15) is 0 Å². The Labute approximate surface area is 97.0 Å². The van der Waals surface area contributed by atoms with Crippen molar-refractivity contribution in [3.05, 3.63) is 18.0 Å². The summed E-state index contributed by atoms with van der Waals surface area (Å²) in [5.74, 6) is 0. The lowest BCUT2D eigenvalue weighted by Crippen LogP contribution is -2.41. The summed E-state index contributed by atoms with van der Waals surface area (Å²) in [6.45, 7) is 0.677. The molecule has 4 heteroatoms. The predicted octanol–water partition coefficient (Wildman–Crippen LogP) is 1.47. The Morgan fingerprint density at radius 3 is 3.00 bits per heavy atom. The fraction of sp³-hybridized carbons (Fsp3) is 0.750. The van der Waals surface area contributed by atoms with Gasteiger partial charge in [-0.05, 0) is 19.9 Å². The zero-order valence-corrected chi connectivity index (χ0v) is 10.1. The summed E-state index contributed by atoms with van der Waals surface area (Å²) in [4.78, 5) is 0. The number of aryl methyl sites for hydroxylation is 1. The molecule has 2 atom stereocenters. The van der Waals surface area contributed by atoms with Gasteiger partial charge in [0.05, 0.1) is 18.9 Å². The number of hydrogen-bond donors (Lipinski definition) is 1. The number of hydrogen-bond acceptors (Lipinski definition) is 3. The molecule has 1 N–H and O–H groups in total. The first-order chi connectivity index (χ1) is 7.79. The SMILES string of the molecule is CNC1CCCCC1OCc1cnn(C)c1. The second-order valence-corrected chi connectivity index (χ2v) is 4.55. The highest BCUT2D eigenvalue weighted by Crippen LogP contribution is 2.21. The van der Waals surface area contributed by atoms with Crippen LogP contribution in [-0.4, -0.2) is 29.0 Å². The van der Waals surface area contributed by atoms with E-state index in [1.807, 2.05) is 31.2 Å². The second kappa shape index (κ2) is 5.46. The third-order valence-electron chi connectivity index (χ3n) is 3.30. The normalized spacial score (nSPS) is 25.9. The number of rotatable bonds is 4. The second-order valence-electron chi connectivity index (χ2n) is 4.55. The molecular weight excluding hydrogens is 202 g/mol. The van der Waals surface area contributed by atoms with Gasteiger partial charge in [0.2, 0.25) is 0 Å². The molecule has 1 aromatic rings. The van der Waals surface area contributed by atoms with Crippen LogP contribution in [0.25, 0.3) is 0 Å². The fourth-order valence-electron chi connectivity index (χ4n) is 2.38. The highest BCUT2D eigenvalue weighted by Gasteiger charge is 2.24. The van der Waals surface area contributed by atoms with E-state index in [1.54, 1.807) is 0 Å². The van der Waals surface area contributed by atoms with Gasteiger partial charge in [0.15, 0.2) is 0 Å². The maximum absolute atomic E-state index is 5.97. The van der Waals surface area contributed by atoms with Crippen LogP contribution in [0.4, 0.5) is 0 Å². The minimum Gasteiger partial charge on any atom is -0.372 e. The monoisotopic (exact) mass is 223 g/mol. The number of aromatic nitrogens is 2. The zero-order chi connectivity index (χ0) is 11.4. The molecule has 0 aromatic carbocycles. The predicted molar refractivity (Wildman–Crippen MR) is 63.1 cm³/mol. The zero-order valence-electron chi connectivity index (χ0n) is 10.1. The van der Waals surface area contributed by atoms with Crippen LogP contribution in [0.15, 0.2) is 12.4 Å². The van der Waals surface area contributed by atoms with Crippen molar-refractivity contribution in [1.29, 1.82) is 0 Å². The minimum atomic E-state index is 0.360. The van der Waals surface area contributed by atoms with E-state index in [-0.39, 0.29) is 0 Å². The van der Waals surface area contributed by atoms with E-state index >= 15 is 0 Å². The standard InChI is InChI=1S/C12H21N3O/c1-13-11-5-3-4-6-12(11)16-9-10-7-14-15(2)8-10/h7-8,11-13H,3-6,9H2,1-2H3. The quantitative estimate of drug-likeness (QED) is 0.840. The molecule has 0 aliphatic heterocycles. The van der Waals surface area contributed by atoms with Gasteiger partial charge in [0.1, 0.15) is 0 Å². The highest BCUT2D eigenvalue weighted by atomic mass is 16.5. The molecule has 0 bridgehead atoms. The van der Waals surface area contributed by atoms with E-state index in [0.717, 1.165) is 5.56 Å². The lowest BCUT2D eigenvalue weighted by atomic mass is 9.92. The van der Waals surface area contributed by atoms with Crippen LogP contribution in [0.5, 0.6) is 0 Å². The van der Waals surface area contributed by atoms with Gasteiger partial charge >= 0.3 is 0 Å². The molecule has 0 spiro atoms. The molecule has 2 rings (SSSR count). The molecule has 90 valence electrons. The summed E-state index contributed by atoms with van der Waals surface area (Å²) in [6, 6.07) is 0.519. The summed E-state index contributed by atoms with van der Waals surface area (Å²) in [6.07, 6.45) is 9.25.